The number of hydrogen-bond acceptors (Lipinski definition) is 3. The summed E-state index contributed by atoms with van der Waals surface area (Å²) in [5.74, 6) is 0.779. The van der Waals surface area contributed by atoms with Crippen LogP contribution in [0.1, 0.15) is 57.9 Å². The van der Waals surface area contributed by atoms with Crippen LogP contribution in [0.5, 0.6) is 0 Å². The van der Waals surface area contributed by atoms with E-state index in [2.05, 4.69) is 20.9 Å². The number of carbonyl (C=O) groups is 1. The van der Waals surface area contributed by atoms with Crippen molar-refractivity contribution < 1.29 is 9.18 Å². The Labute approximate surface area is 202 Å². The molecule has 3 N–H and O–H groups in total. The van der Waals surface area contributed by atoms with E-state index < -0.39 is 0 Å². The summed E-state index contributed by atoms with van der Waals surface area (Å²) in [4.78, 5) is 18.7. The maximum atomic E-state index is 14.5. The number of carbonyl (C=O) groups excluding carboxylic acids is 1. The molecule has 2 atom stereocenters. The lowest BCUT2D eigenvalue weighted by Gasteiger charge is -2.30. The molecule has 2 fully saturated rings. The van der Waals surface area contributed by atoms with E-state index in [-0.39, 0.29) is 47.7 Å². The fourth-order valence-electron chi connectivity index (χ4n) is 4.16. The molecule has 8 heteroatoms. The summed E-state index contributed by atoms with van der Waals surface area (Å²) in [6.45, 7) is 6.11. The van der Waals surface area contributed by atoms with Gasteiger partial charge >= 0.3 is 0 Å². The molecule has 0 aromatic heterocycles. The maximum absolute atomic E-state index is 14.5. The SMILES string of the molecule is CCN(CC)c1ccc(CNC(=NC)NC2CCCC(C(=O)NC3CC3)C2)cc1F.I. The number of hydrogen-bond donors (Lipinski definition) is 3. The molecule has 174 valence electrons. The monoisotopic (exact) mass is 545 g/mol. The second kappa shape index (κ2) is 12.5. The lowest BCUT2D eigenvalue weighted by Crippen LogP contribution is -2.47. The summed E-state index contributed by atoms with van der Waals surface area (Å²) in [6, 6.07) is 6.03. The smallest absolute Gasteiger partial charge is 0.223 e. The molecule has 0 saturated heterocycles. The number of guanidine groups is 1. The molecule has 1 aromatic carbocycles. The molecule has 3 rings (SSSR count). The molecule has 0 heterocycles. The molecule has 2 aliphatic carbocycles. The second-order valence-corrected chi connectivity index (χ2v) is 8.37. The summed E-state index contributed by atoms with van der Waals surface area (Å²) in [5, 5.41) is 9.86. The van der Waals surface area contributed by atoms with Crippen LogP contribution in [0.25, 0.3) is 0 Å². The largest absolute Gasteiger partial charge is 0.370 e. The molecule has 0 bridgehead atoms. The van der Waals surface area contributed by atoms with Crippen molar-refractivity contribution >= 4 is 41.5 Å². The van der Waals surface area contributed by atoms with Crippen LogP contribution in [-0.4, -0.2) is 44.1 Å². The lowest BCUT2D eigenvalue weighted by molar-refractivity contribution is -0.126. The van der Waals surface area contributed by atoms with Crippen LogP contribution in [-0.2, 0) is 11.3 Å². The number of benzene rings is 1. The number of aliphatic imine (C=N–C) groups is 1. The standard InChI is InChI=1S/C23H36FN5O.HI/c1-4-29(5-2)21-12-9-16(13-20(21)24)15-26-23(25-3)28-19-8-6-7-17(14-19)22(30)27-18-10-11-18;/h9,12-13,17-19H,4-8,10-11,14-15H2,1-3H3,(H,27,30)(H2,25,26,28);1H. The van der Waals surface area contributed by atoms with Crippen molar-refractivity contribution in [3.63, 3.8) is 0 Å². The Balaban J connectivity index is 0.00000341. The van der Waals surface area contributed by atoms with E-state index >= 15 is 0 Å². The molecule has 31 heavy (non-hydrogen) atoms. The first-order valence-corrected chi connectivity index (χ1v) is 11.3. The number of nitrogens with one attached hydrogen (secondary N) is 3. The maximum Gasteiger partial charge on any atom is 0.223 e. The summed E-state index contributed by atoms with van der Waals surface area (Å²) in [6.07, 6.45) is 6.09. The van der Waals surface area contributed by atoms with E-state index in [1.807, 2.05) is 30.9 Å². The molecule has 6 nitrogen and oxygen atoms in total. The third-order valence-electron chi connectivity index (χ3n) is 6.11. The van der Waals surface area contributed by atoms with Gasteiger partial charge in [0.1, 0.15) is 5.82 Å². The van der Waals surface area contributed by atoms with Crippen LogP contribution in [0.3, 0.4) is 0 Å². The highest BCUT2D eigenvalue weighted by Gasteiger charge is 2.31. The van der Waals surface area contributed by atoms with Gasteiger partial charge in [0, 0.05) is 44.7 Å². The Bertz CT molecular complexity index is 751. The lowest BCUT2D eigenvalue weighted by atomic mass is 9.85. The Morgan fingerprint density at radius 2 is 1.87 bits per heavy atom. The van der Waals surface area contributed by atoms with E-state index in [0.29, 0.717) is 24.2 Å². The van der Waals surface area contributed by atoms with Crippen LogP contribution < -0.4 is 20.9 Å². The first-order valence-electron chi connectivity index (χ1n) is 11.3. The molecule has 2 unspecified atom stereocenters. The van der Waals surface area contributed by atoms with Gasteiger partial charge in [-0.2, -0.15) is 0 Å². The summed E-state index contributed by atoms with van der Waals surface area (Å²) in [7, 11) is 1.74. The Morgan fingerprint density at radius 3 is 2.48 bits per heavy atom. The minimum Gasteiger partial charge on any atom is -0.370 e. The summed E-state index contributed by atoms with van der Waals surface area (Å²) < 4.78 is 14.5. The zero-order chi connectivity index (χ0) is 21.5. The average molecular weight is 545 g/mol. The van der Waals surface area contributed by atoms with Gasteiger partial charge in [-0.05, 0) is 63.6 Å². The van der Waals surface area contributed by atoms with Gasteiger partial charge in [0.25, 0.3) is 0 Å². The molecule has 0 radical (unpaired) electrons. The highest BCUT2D eigenvalue weighted by atomic mass is 127. The van der Waals surface area contributed by atoms with Crippen molar-refractivity contribution in [1.29, 1.82) is 0 Å². The highest BCUT2D eigenvalue weighted by molar-refractivity contribution is 14.0. The number of nitrogens with zero attached hydrogens (tertiary/aromatic N) is 2. The molecule has 2 aliphatic rings. The highest BCUT2D eigenvalue weighted by Crippen LogP contribution is 2.27. The molecule has 1 amide bonds. The van der Waals surface area contributed by atoms with Gasteiger partial charge in [-0.3, -0.25) is 9.79 Å². The third kappa shape index (κ3) is 7.50. The van der Waals surface area contributed by atoms with E-state index in [1.54, 1.807) is 13.1 Å². The Kier molecular flexibility index (Phi) is 10.3. The molecule has 2 saturated carbocycles. The van der Waals surface area contributed by atoms with Crippen molar-refractivity contribution in [2.45, 2.75) is 71.0 Å². The zero-order valence-electron chi connectivity index (χ0n) is 18.9. The van der Waals surface area contributed by atoms with Gasteiger partial charge in [0.2, 0.25) is 5.91 Å². The number of rotatable bonds is 8. The van der Waals surface area contributed by atoms with Crippen LogP contribution in [0.4, 0.5) is 10.1 Å². The number of amides is 1. The van der Waals surface area contributed by atoms with Crippen molar-refractivity contribution in [3.05, 3.63) is 29.6 Å². The van der Waals surface area contributed by atoms with Gasteiger partial charge in [-0.1, -0.05) is 12.5 Å². The van der Waals surface area contributed by atoms with Gasteiger partial charge in [0.05, 0.1) is 5.69 Å². The molecule has 0 spiro atoms. The first-order chi connectivity index (χ1) is 14.5. The Hall–Kier alpha value is -1.58. The molecular weight excluding hydrogens is 508 g/mol. The second-order valence-electron chi connectivity index (χ2n) is 8.37. The van der Waals surface area contributed by atoms with Crippen LogP contribution >= 0.6 is 24.0 Å². The minimum absolute atomic E-state index is 0. The topological polar surface area (TPSA) is 68.8 Å². The predicted molar refractivity (Wildman–Crippen MR) is 136 cm³/mol. The van der Waals surface area contributed by atoms with Crippen LogP contribution in [0, 0.1) is 11.7 Å². The van der Waals surface area contributed by atoms with Crippen LogP contribution in [0.2, 0.25) is 0 Å². The van der Waals surface area contributed by atoms with Crippen molar-refractivity contribution in [2.24, 2.45) is 10.9 Å². The predicted octanol–water partition coefficient (Wildman–Crippen LogP) is 3.79. The number of anilines is 1. The normalized spacial score (nSPS) is 21.1. The van der Waals surface area contributed by atoms with Gasteiger partial charge < -0.3 is 20.9 Å². The van der Waals surface area contributed by atoms with E-state index in [0.717, 1.165) is 57.2 Å². The molecule has 0 aliphatic heterocycles. The molecular formula is C23H37FIN5O. The fraction of sp³-hybridized carbons (Fsp3) is 0.652. The van der Waals surface area contributed by atoms with Crippen molar-refractivity contribution in [2.75, 3.05) is 25.0 Å². The first kappa shape index (κ1) is 25.7. The molecule has 1 aromatic rings. The minimum atomic E-state index is -0.197. The van der Waals surface area contributed by atoms with Gasteiger partial charge in [0.15, 0.2) is 5.96 Å². The number of halogens is 2. The van der Waals surface area contributed by atoms with Gasteiger partial charge in [-0.15, -0.1) is 24.0 Å². The summed E-state index contributed by atoms with van der Waals surface area (Å²) >= 11 is 0. The third-order valence-corrected chi connectivity index (χ3v) is 6.11. The van der Waals surface area contributed by atoms with Crippen molar-refractivity contribution in [1.82, 2.24) is 16.0 Å². The average Bonchev–Trinajstić information content (AvgIpc) is 3.57. The van der Waals surface area contributed by atoms with E-state index in [1.165, 1.54) is 0 Å². The van der Waals surface area contributed by atoms with Crippen LogP contribution in [0.15, 0.2) is 23.2 Å². The van der Waals surface area contributed by atoms with Gasteiger partial charge in [-0.25, -0.2) is 4.39 Å². The summed E-state index contributed by atoms with van der Waals surface area (Å²) in [5.41, 5.74) is 1.51. The zero-order valence-corrected chi connectivity index (χ0v) is 21.2. The van der Waals surface area contributed by atoms with E-state index in [9.17, 15) is 9.18 Å². The Morgan fingerprint density at radius 1 is 1.13 bits per heavy atom. The quantitative estimate of drug-likeness (QED) is 0.264. The fourth-order valence-corrected chi connectivity index (χ4v) is 4.16. The van der Waals surface area contributed by atoms with E-state index in [4.69, 9.17) is 0 Å². The van der Waals surface area contributed by atoms with Crippen molar-refractivity contribution in [3.8, 4) is 0 Å².